The third-order valence-electron chi connectivity index (χ3n) is 2.26. The summed E-state index contributed by atoms with van der Waals surface area (Å²) in [6.07, 6.45) is 3.75. The Kier molecular flexibility index (Phi) is 4.49. The van der Waals surface area contributed by atoms with Gasteiger partial charge in [-0.1, -0.05) is 13.8 Å². The lowest BCUT2D eigenvalue weighted by Gasteiger charge is -2.06. The van der Waals surface area contributed by atoms with Gasteiger partial charge in [0.15, 0.2) is 0 Å². The Morgan fingerprint density at radius 1 is 1.50 bits per heavy atom. The van der Waals surface area contributed by atoms with E-state index in [1.165, 1.54) is 12.4 Å². The fourth-order valence-corrected chi connectivity index (χ4v) is 2.22. The molecule has 5 nitrogen and oxygen atoms in total. The number of sulfonamides is 1. The molecule has 0 aliphatic rings. The Bertz CT molecular complexity index is 423. The van der Waals surface area contributed by atoms with E-state index in [2.05, 4.69) is 23.7 Å². The van der Waals surface area contributed by atoms with Crippen molar-refractivity contribution in [3.05, 3.63) is 12.4 Å². The average Bonchev–Trinajstić information content (AvgIpc) is 2.65. The zero-order valence-electron chi connectivity index (χ0n) is 9.97. The molecule has 0 aromatic carbocycles. The summed E-state index contributed by atoms with van der Waals surface area (Å²) in [5, 5.41) is 3.94. The van der Waals surface area contributed by atoms with E-state index in [0.29, 0.717) is 19.0 Å². The minimum absolute atomic E-state index is 0.234. The summed E-state index contributed by atoms with van der Waals surface area (Å²) in [5.74, 6) is 0.487. The third kappa shape index (κ3) is 3.61. The molecule has 92 valence electrons. The molecule has 1 N–H and O–H groups in total. The number of nitrogens with one attached hydrogen (secondary N) is 1. The molecule has 0 atom stereocenters. The summed E-state index contributed by atoms with van der Waals surface area (Å²) in [7, 11) is -3.38. The molecule has 0 radical (unpaired) electrons. The van der Waals surface area contributed by atoms with Crippen molar-refractivity contribution in [2.24, 2.45) is 5.92 Å². The average molecular weight is 245 g/mol. The first-order valence-electron chi connectivity index (χ1n) is 5.48. The molecule has 6 heteroatoms. The van der Waals surface area contributed by atoms with Crippen LogP contribution >= 0.6 is 0 Å². The van der Waals surface area contributed by atoms with Gasteiger partial charge in [-0.25, -0.2) is 13.1 Å². The summed E-state index contributed by atoms with van der Waals surface area (Å²) >= 11 is 0. The van der Waals surface area contributed by atoms with Crippen molar-refractivity contribution in [2.45, 2.75) is 38.6 Å². The van der Waals surface area contributed by atoms with Gasteiger partial charge in [0.2, 0.25) is 10.0 Å². The van der Waals surface area contributed by atoms with Gasteiger partial charge in [-0.05, 0) is 19.3 Å². The van der Waals surface area contributed by atoms with Crippen LogP contribution in [0.25, 0.3) is 0 Å². The van der Waals surface area contributed by atoms with Crippen LogP contribution < -0.4 is 4.72 Å². The van der Waals surface area contributed by atoms with Crippen molar-refractivity contribution in [2.75, 3.05) is 6.54 Å². The molecule has 0 aliphatic heterocycles. The van der Waals surface area contributed by atoms with Crippen LogP contribution in [0.5, 0.6) is 0 Å². The largest absolute Gasteiger partial charge is 0.272 e. The van der Waals surface area contributed by atoms with Gasteiger partial charge in [-0.15, -0.1) is 0 Å². The Morgan fingerprint density at radius 2 is 2.19 bits per heavy atom. The molecular weight excluding hydrogens is 226 g/mol. The number of nitrogens with zero attached hydrogens (tertiary/aromatic N) is 2. The highest BCUT2D eigenvalue weighted by molar-refractivity contribution is 7.89. The molecule has 1 aromatic rings. The highest BCUT2D eigenvalue weighted by Crippen LogP contribution is 2.07. The van der Waals surface area contributed by atoms with Crippen LogP contribution in [0, 0.1) is 5.92 Å². The summed E-state index contributed by atoms with van der Waals surface area (Å²) in [5.41, 5.74) is 0. The van der Waals surface area contributed by atoms with Crippen molar-refractivity contribution in [3.8, 4) is 0 Å². The van der Waals surface area contributed by atoms with Crippen LogP contribution in [0.3, 0.4) is 0 Å². The van der Waals surface area contributed by atoms with E-state index in [1.54, 1.807) is 4.68 Å². The fourth-order valence-electron chi connectivity index (χ4n) is 1.22. The van der Waals surface area contributed by atoms with E-state index in [-0.39, 0.29) is 4.90 Å². The SMILES string of the molecule is CCn1cc(S(=O)(=O)NCCC(C)C)cn1. The molecule has 0 amide bonds. The monoisotopic (exact) mass is 245 g/mol. The van der Waals surface area contributed by atoms with E-state index in [1.807, 2.05) is 6.92 Å². The van der Waals surface area contributed by atoms with Crippen LogP contribution in [0.1, 0.15) is 27.2 Å². The lowest BCUT2D eigenvalue weighted by molar-refractivity contribution is 0.551. The van der Waals surface area contributed by atoms with Crippen LogP contribution in [0.4, 0.5) is 0 Å². The number of aryl methyl sites for hydroxylation is 1. The number of hydrogen-bond donors (Lipinski definition) is 1. The molecule has 16 heavy (non-hydrogen) atoms. The quantitative estimate of drug-likeness (QED) is 0.819. The number of hydrogen-bond acceptors (Lipinski definition) is 3. The standard InChI is InChI=1S/C10H19N3O2S/c1-4-13-8-10(7-11-13)16(14,15)12-6-5-9(2)3/h7-9,12H,4-6H2,1-3H3. The first-order chi connectivity index (χ1) is 7.45. The molecule has 0 fully saturated rings. The second-order valence-corrected chi connectivity index (χ2v) is 5.88. The maximum atomic E-state index is 11.8. The van der Waals surface area contributed by atoms with E-state index in [9.17, 15) is 8.42 Å². The van der Waals surface area contributed by atoms with Gasteiger partial charge in [0.25, 0.3) is 0 Å². The van der Waals surface area contributed by atoms with Gasteiger partial charge in [0, 0.05) is 19.3 Å². The predicted octanol–water partition coefficient (Wildman–Crippen LogP) is 1.23. The van der Waals surface area contributed by atoms with Crippen molar-refractivity contribution in [1.29, 1.82) is 0 Å². The normalized spacial score (nSPS) is 12.2. The topological polar surface area (TPSA) is 64.0 Å². The van der Waals surface area contributed by atoms with E-state index in [0.717, 1.165) is 6.42 Å². The van der Waals surface area contributed by atoms with Gasteiger partial charge in [-0.3, -0.25) is 4.68 Å². The van der Waals surface area contributed by atoms with Gasteiger partial charge >= 0.3 is 0 Å². The lowest BCUT2D eigenvalue weighted by Crippen LogP contribution is -2.25. The second kappa shape index (κ2) is 5.45. The van der Waals surface area contributed by atoms with Crippen molar-refractivity contribution >= 4 is 10.0 Å². The molecule has 1 rings (SSSR count). The number of aromatic nitrogens is 2. The third-order valence-corrected chi connectivity index (χ3v) is 3.67. The van der Waals surface area contributed by atoms with E-state index < -0.39 is 10.0 Å². The first-order valence-corrected chi connectivity index (χ1v) is 6.96. The molecular formula is C10H19N3O2S. The molecule has 1 heterocycles. The molecule has 0 spiro atoms. The molecule has 0 saturated heterocycles. The maximum Gasteiger partial charge on any atom is 0.243 e. The van der Waals surface area contributed by atoms with Crippen LogP contribution in [-0.2, 0) is 16.6 Å². The van der Waals surface area contributed by atoms with Gasteiger partial charge in [-0.2, -0.15) is 5.10 Å². The van der Waals surface area contributed by atoms with Crippen LogP contribution in [0.15, 0.2) is 17.3 Å². The van der Waals surface area contributed by atoms with Gasteiger partial charge in [0.05, 0.1) is 6.20 Å². The molecule has 0 aliphatic carbocycles. The minimum atomic E-state index is -3.38. The Hall–Kier alpha value is -0.880. The second-order valence-electron chi connectivity index (χ2n) is 4.11. The van der Waals surface area contributed by atoms with Crippen molar-refractivity contribution in [3.63, 3.8) is 0 Å². The molecule has 1 aromatic heterocycles. The zero-order chi connectivity index (χ0) is 12.2. The summed E-state index contributed by atoms with van der Waals surface area (Å²) in [6.45, 7) is 7.17. The Labute approximate surface area is 96.9 Å². The molecule has 0 bridgehead atoms. The fraction of sp³-hybridized carbons (Fsp3) is 0.700. The van der Waals surface area contributed by atoms with Gasteiger partial charge in [0.1, 0.15) is 4.90 Å². The lowest BCUT2D eigenvalue weighted by atomic mass is 10.1. The van der Waals surface area contributed by atoms with Crippen molar-refractivity contribution < 1.29 is 8.42 Å². The maximum absolute atomic E-state index is 11.8. The predicted molar refractivity (Wildman–Crippen MR) is 62.5 cm³/mol. The zero-order valence-corrected chi connectivity index (χ0v) is 10.8. The molecule has 0 saturated carbocycles. The van der Waals surface area contributed by atoms with Gasteiger partial charge < -0.3 is 0 Å². The summed E-state index contributed by atoms with van der Waals surface area (Å²) in [6, 6.07) is 0. The van der Waals surface area contributed by atoms with E-state index >= 15 is 0 Å². The summed E-state index contributed by atoms with van der Waals surface area (Å²) < 4.78 is 27.7. The van der Waals surface area contributed by atoms with Crippen LogP contribution in [-0.4, -0.2) is 24.7 Å². The van der Waals surface area contributed by atoms with E-state index in [4.69, 9.17) is 0 Å². The number of rotatable bonds is 6. The first kappa shape index (κ1) is 13.2. The Morgan fingerprint density at radius 3 is 2.69 bits per heavy atom. The smallest absolute Gasteiger partial charge is 0.243 e. The van der Waals surface area contributed by atoms with Crippen LogP contribution in [0.2, 0.25) is 0 Å². The molecule has 0 unspecified atom stereocenters. The Balaban J connectivity index is 2.63. The highest BCUT2D eigenvalue weighted by atomic mass is 32.2. The minimum Gasteiger partial charge on any atom is -0.272 e. The highest BCUT2D eigenvalue weighted by Gasteiger charge is 2.15. The van der Waals surface area contributed by atoms with Crippen molar-refractivity contribution in [1.82, 2.24) is 14.5 Å². The summed E-state index contributed by atoms with van der Waals surface area (Å²) in [4.78, 5) is 0.234.